The summed E-state index contributed by atoms with van der Waals surface area (Å²) < 4.78 is 16.0. The van der Waals surface area contributed by atoms with Crippen molar-refractivity contribution in [1.29, 1.82) is 0 Å². The minimum absolute atomic E-state index is 0.0367. The van der Waals surface area contributed by atoms with Crippen LogP contribution in [-0.2, 0) is 16.1 Å². The van der Waals surface area contributed by atoms with Crippen molar-refractivity contribution in [3.8, 4) is 17.2 Å². The lowest BCUT2D eigenvalue weighted by Gasteiger charge is -2.18. The zero-order valence-corrected chi connectivity index (χ0v) is 17.5. The van der Waals surface area contributed by atoms with Crippen molar-refractivity contribution in [3.63, 3.8) is 0 Å². The first-order valence-corrected chi connectivity index (χ1v) is 10.7. The van der Waals surface area contributed by atoms with Gasteiger partial charge in [0.05, 0.1) is 13.0 Å². The summed E-state index contributed by atoms with van der Waals surface area (Å²) in [5, 5.41) is 3.06. The van der Waals surface area contributed by atoms with E-state index in [4.69, 9.17) is 14.2 Å². The molecule has 2 unspecified atom stereocenters. The predicted molar refractivity (Wildman–Crippen MR) is 113 cm³/mol. The van der Waals surface area contributed by atoms with E-state index in [1.165, 1.54) is 0 Å². The van der Waals surface area contributed by atoms with Crippen LogP contribution in [0.25, 0.3) is 0 Å². The fourth-order valence-corrected chi connectivity index (χ4v) is 4.40. The summed E-state index contributed by atoms with van der Waals surface area (Å²) in [6.45, 7) is 1.66. The molecule has 31 heavy (non-hydrogen) atoms. The first-order chi connectivity index (χ1) is 15.1. The zero-order valence-electron chi connectivity index (χ0n) is 17.5. The topological polar surface area (TPSA) is 77.1 Å². The number of nitrogens with zero attached hydrogens (tertiary/aromatic N) is 1. The molecule has 2 aromatic rings. The SMILES string of the molecule is COc1ccc(C2CN(C(=O)C3CC3)CC2C(=O)NCc2ccc3c(c2)OCO3)cc1. The van der Waals surface area contributed by atoms with Crippen molar-refractivity contribution in [1.82, 2.24) is 10.2 Å². The Morgan fingerprint density at radius 1 is 1.06 bits per heavy atom. The van der Waals surface area contributed by atoms with E-state index < -0.39 is 0 Å². The molecule has 1 saturated heterocycles. The Balaban J connectivity index is 1.30. The lowest BCUT2D eigenvalue weighted by molar-refractivity contribution is -0.132. The van der Waals surface area contributed by atoms with Gasteiger partial charge < -0.3 is 24.4 Å². The minimum Gasteiger partial charge on any atom is -0.497 e. The number of likely N-dealkylation sites (tertiary alicyclic amines) is 1. The van der Waals surface area contributed by atoms with Gasteiger partial charge in [0, 0.05) is 31.5 Å². The molecule has 1 N–H and O–H groups in total. The molecule has 162 valence electrons. The van der Waals surface area contributed by atoms with E-state index in [0.717, 1.165) is 35.5 Å². The molecule has 2 aliphatic heterocycles. The Kier molecular flexibility index (Phi) is 5.18. The first-order valence-electron chi connectivity index (χ1n) is 10.7. The van der Waals surface area contributed by atoms with Gasteiger partial charge in [-0.25, -0.2) is 0 Å². The molecule has 2 heterocycles. The third-order valence-corrected chi connectivity index (χ3v) is 6.34. The van der Waals surface area contributed by atoms with Gasteiger partial charge in [-0.3, -0.25) is 9.59 Å². The second-order valence-electron chi connectivity index (χ2n) is 8.41. The Labute approximate surface area is 181 Å². The van der Waals surface area contributed by atoms with Gasteiger partial charge >= 0.3 is 0 Å². The molecule has 7 heteroatoms. The van der Waals surface area contributed by atoms with E-state index in [-0.39, 0.29) is 36.4 Å². The molecule has 2 atom stereocenters. The molecular formula is C24H26N2O5. The molecule has 2 aromatic carbocycles. The molecule has 5 rings (SSSR count). The van der Waals surface area contributed by atoms with E-state index in [0.29, 0.717) is 25.4 Å². The maximum Gasteiger partial charge on any atom is 0.231 e. The van der Waals surface area contributed by atoms with E-state index in [2.05, 4.69) is 5.32 Å². The number of carbonyl (C=O) groups is 2. The molecule has 7 nitrogen and oxygen atoms in total. The number of rotatable bonds is 6. The Morgan fingerprint density at radius 2 is 1.84 bits per heavy atom. The summed E-state index contributed by atoms with van der Waals surface area (Å²) in [7, 11) is 1.63. The second kappa shape index (κ2) is 8.13. The van der Waals surface area contributed by atoms with Gasteiger partial charge in [-0.1, -0.05) is 18.2 Å². The van der Waals surface area contributed by atoms with Crippen molar-refractivity contribution >= 4 is 11.8 Å². The Morgan fingerprint density at radius 3 is 2.58 bits per heavy atom. The van der Waals surface area contributed by atoms with Crippen molar-refractivity contribution in [3.05, 3.63) is 53.6 Å². The number of ether oxygens (including phenoxy) is 3. The number of fused-ring (bicyclic) bond motifs is 1. The standard InChI is InChI=1S/C24H26N2O5/c1-29-18-7-5-16(6-8-18)19-12-26(24(28)17-3-4-17)13-20(19)23(27)25-11-15-2-9-21-22(10-15)31-14-30-21/h2,5-10,17,19-20H,3-4,11-14H2,1H3,(H,25,27). The highest BCUT2D eigenvalue weighted by Gasteiger charge is 2.43. The lowest BCUT2D eigenvalue weighted by Crippen LogP contribution is -2.35. The average molecular weight is 422 g/mol. The van der Waals surface area contributed by atoms with Crippen LogP contribution >= 0.6 is 0 Å². The smallest absolute Gasteiger partial charge is 0.231 e. The van der Waals surface area contributed by atoms with E-state index in [1.807, 2.05) is 47.4 Å². The second-order valence-corrected chi connectivity index (χ2v) is 8.41. The van der Waals surface area contributed by atoms with Crippen LogP contribution in [0.3, 0.4) is 0 Å². The molecule has 0 bridgehead atoms. The van der Waals surface area contributed by atoms with Crippen LogP contribution in [-0.4, -0.2) is 43.7 Å². The fourth-order valence-electron chi connectivity index (χ4n) is 4.40. The summed E-state index contributed by atoms with van der Waals surface area (Å²) in [6.07, 6.45) is 1.92. The summed E-state index contributed by atoms with van der Waals surface area (Å²) in [6, 6.07) is 13.5. The van der Waals surface area contributed by atoms with Crippen molar-refractivity contribution in [2.45, 2.75) is 25.3 Å². The summed E-state index contributed by atoms with van der Waals surface area (Å²) in [5.41, 5.74) is 2.00. The fraction of sp³-hybridized carbons (Fsp3) is 0.417. The van der Waals surface area contributed by atoms with E-state index in [1.54, 1.807) is 7.11 Å². The van der Waals surface area contributed by atoms with Crippen LogP contribution in [0.4, 0.5) is 0 Å². The molecule has 1 aliphatic carbocycles. The lowest BCUT2D eigenvalue weighted by atomic mass is 9.88. The van der Waals surface area contributed by atoms with Crippen LogP contribution in [0.5, 0.6) is 17.2 Å². The van der Waals surface area contributed by atoms with Gasteiger partial charge in [0.25, 0.3) is 0 Å². The van der Waals surface area contributed by atoms with Gasteiger partial charge in [-0.05, 0) is 48.2 Å². The van der Waals surface area contributed by atoms with Crippen LogP contribution < -0.4 is 19.5 Å². The molecule has 0 radical (unpaired) electrons. The molecule has 2 amide bonds. The maximum absolute atomic E-state index is 13.2. The van der Waals surface area contributed by atoms with Gasteiger partial charge in [0.15, 0.2) is 11.5 Å². The molecule has 2 fully saturated rings. The van der Waals surface area contributed by atoms with Crippen LogP contribution in [0, 0.1) is 11.8 Å². The summed E-state index contributed by atoms with van der Waals surface area (Å²) >= 11 is 0. The largest absolute Gasteiger partial charge is 0.497 e. The third-order valence-electron chi connectivity index (χ3n) is 6.34. The Hall–Kier alpha value is -3.22. The normalized spacial score (nSPS) is 21.8. The third kappa shape index (κ3) is 4.04. The van der Waals surface area contributed by atoms with Gasteiger partial charge in [-0.2, -0.15) is 0 Å². The van der Waals surface area contributed by atoms with Gasteiger partial charge in [0.1, 0.15) is 5.75 Å². The quantitative estimate of drug-likeness (QED) is 0.775. The number of hydrogen-bond acceptors (Lipinski definition) is 5. The molecule has 0 aromatic heterocycles. The molecular weight excluding hydrogens is 396 g/mol. The van der Waals surface area contributed by atoms with Crippen LogP contribution in [0.2, 0.25) is 0 Å². The Bertz CT molecular complexity index is 986. The monoisotopic (exact) mass is 422 g/mol. The van der Waals surface area contributed by atoms with Gasteiger partial charge in [0.2, 0.25) is 18.6 Å². The number of methoxy groups -OCH3 is 1. The number of amides is 2. The van der Waals surface area contributed by atoms with E-state index >= 15 is 0 Å². The van der Waals surface area contributed by atoms with E-state index in [9.17, 15) is 9.59 Å². The molecule has 0 spiro atoms. The van der Waals surface area contributed by atoms with Gasteiger partial charge in [-0.15, -0.1) is 0 Å². The molecule has 3 aliphatic rings. The number of benzene rings is 2. The summed E-state index contributed by atoms with van der Waals surface area (Å²) in [5.74, 6) is 2.16. The average Bonchev–Trinajstić information content (AvgIpc) is 3.38. The van der Waals surface area contributed by atoms with Crippen molar-refractivity contribution in [2.75, 3.05) is 27.0 Å². The first kappa shape index (κ1) is 19.7. The zero-order chi connectivity index (χ0) is 21.4. The number of hydrogen-bond donors (Lipinski definition) is 1. The highest BCUT2D eigenvalue weighted by Crippen LogP contribution is 2.38. The number of carbonyl (C=O) groups excluding carboxylic acids is 2. The minimum atomic E-state index is -0.287. The molecule has 1 saturated carbocycles. The van der Waals surface area contributed by atoms with Crippen LogP contribution in [0.1, 0.15) is 29.9 Å². The highest BCUT2D eigenvalue weighted by molar-refractivity contribution is 5.85. The predicted octanol–water partition coefficient (Wildman–Crippen LogP) is 2.69. The summed E-state index contributed by atoms with van der Waals surface area (Å²) in [4.78, 5) is 27.7. The van der Waals surface area contributed by atoms with Crippen LogP contribution in [0.15, 0.2) is 42.5 Å². The van der Waals surface area contributed by atoms with Crippen molar-refractivity contribution in [2.24, 2.45) is 11.8 Å². The van der Waals surface area contributed by atoms with Crippen molar-refractivity contribution < 1.29 is 23.8 Å². The number of nitrogens with one attached hydrogen (secondary N) is 1. The highest BCUT2D eigenvalue weighted by atomic mass is 16.7. The maximum atomic E-state index is 13.2.